The maximum atomic E-state index is 6.46. The Labute approximate surface area is 161 Å². The van der Waals surface area contributed by atoms with E-state index < -0.39 is 0 Å². The summed E-state index contributed by atoms with van der Waals surface area (Å²) in [5.74, 6) is 1.33. The van der Waals surface area contributed by atoms with E-state index in [4.69, 9.17) is 21.1 Å². The second kappa shape index (κ2) is 9.33. The largest absolute Gasteiger partial charge is 0.490 e. The quantitative estimate of drug-likeness (QED) is 0.672. The first-order valence-corrected chi connectivity index (χ1v) is 8.90. The highest BCUT2D eigenvalue weighted by atomic mass is 35.5. The Bertz CT molecular complexity index is 685. The van der Waals surface area contributed by atoms with Gasteiger partial charge in [-0.1, -0.05) is 41.4 Å². The molecule has 1 saturated carbocycles. The van der Waals surface area contributed by atoms with E-state index in [2.05, 4.69) is 36.5 Å². The molecule has 0 saturated heterocycles. The van der Waals surface area contributed by atoms with Crippen LogP contribution < -0.4 is 14.8 Å². The molecular weight excluding hydrogens is 357 g/mol. The lowest BCUT2D eigenvalue weighted by molar-refractivity contribution is 0.269. The van der Waals surface area contributed by atoms with E-state index in [0.29, 0.717) is 35.8 Å². The fourth-order valence-electron chi connectivity index (χ4n) is 2.52. The Hall–Kier alpha value is -1.42. The van der Waals surface area contributed by atoms with Crippen LogP contribution in [0.25, 0.3) is 0 Å². The van der Waals surface area contributed by atoms with Crippen LogP contribution in [0.3, 0.4) is 0 Å². The molecule has 3 rings (SSSR count). The molecule has 136 valence electrons. The number of hydrogen-bond donors (Lipinski definition) is 1. The van der Waals surface area contributed by atoms with Crippen LogP contribution in [0.1, 0.15) is 36.5 Å². The average molecular weight is 382 g/mol. The lowest BCUT2D eigenvalue weighted by Gasteiger charge is -2.16. The van der Waals surface area contributed by atoms with Crippen LogP contribution >= 0.6 is 24.0 Å². The van der Waals surface area contributed by atoms with Gasteiger partial charge in [0.05, 0.1) is 11.6 Å². The standard InChI is InChI=1S/C20H24ClNO2.ClH/c1-3-23-19-11-16(12-22-17-8-9-17)10-18(21)20(19)24-13-15-6-4-14(2)5-7-15;/h4-7,10-11,17,22H,3,8-9,12-13H2,1-2H3;1H. The normalized spacial score (nSPS) is 13.2. The second-order valence-electron chi connectivity index (χ2n) is 6.27. The molecule has 0 unspecified atom stereocenters. The number of hydrogen-bond acceptors (Lipinski definition) is 3. The van der Waals surface area contributed by atoms with Gasteiger partial charge in [-0.25, -0.2) is 0 Å². The van der Waals surface area contributed by atoms with Crippen molar-refractivity contribution >= 4 is 24.0 Å². The summed E-state index contributed by atoms with van der Waals surface area (Å²) in [4.78, 5) is 0. The summed E-state index contributed by atoms with van der Waals surface area (Å²) < 4.78 is 11.7. The van der Waals surface area contributed by atoms with Gasteiger partial charge >= 0.3 is 0 Å². The van der Waals surface area contributed by atoms with Crippen molar-refractivity contribution in [3.05, 3.63) is 58.1 Å². The molecule has 2 aromatic rings. The fourth-order valence-corrected chi connectivity index (χ4v) is 2.80. The average Bonchev–Trinajstić information content (AvgIpc) is 3.38. The molecule has 0 atom stereocenters. The van der Waals surface area contributed by atoms with Crippen molar-refractivity contribution in [2.24, 2.45) is 0 Å². The van der Waals surface area contributed by atoms with Gasteiger partial charge in [-0.2, -0.15) is 0 Å². The SMILES string of the molecule is CCOc1cc(CNC2CC2)cc(Cl)c1OCc1ccc(C)cc1.Cl. The molecule has 1 N–H and O–H groups in total. The first-order chi connectivity index (χ1) is 11.7. The van der Waals surface area contributed by atoms with Crippen molar-refractivity contribution in [3.8, 4) is 11.5 Å². The van der Waals surface area contributed by atoms with Gasteiger partial charge in [0.1, 0.15) is 6.61 Å². The molecule has 1 aliphatic carbocycles. The van der Waals surface area contributed by atoms with Gasteiger partial charge in [0, 0.05) is 12.6 Å². The summed E-state index contributed by atoms with van der Waals surface area (Å²) >= 11 is 6.46. The van der Waals surface area contributed by atoms with Crippen LogP contribution in [0.5, 0.6) is 11.5 Å². The van der Waals surface area contributed by atoms with Gasteiger partial charge < -0.3 is 14.8 Å². The molecule has 0 aliphatic heterocycles. The minimum atomic E-state index is 0. The van der Waals surface area contributed by atoms with Gasteiger partial charge in [0.15, 0.2) is 11.5 Å². The molecule has 1 fully saturated rings. The number of halogens is 2. The van der Waals surface area contributed by atoms with Crippen molar-refractivity contribution in [1.29, 1.82) is 0 Å². The maximum Gasteiger partial charge on any atom is 0.180 e. The van der Waals surface area contributed by atoms with Crippen molar-refractivity contribution in [3.63, 3.8) is 0 Å². The maximum absolute atomic E-state index is 6.46. The zero-order valence-electron chi connectivity index (χ0n) is 14.7. The summed E-state index contributed by atoms with van der Waals surface area (Å²) in [5, 5.41) is 4.09. The summed E-state index contributed by atoms with van der Waals surface area (Å²) in [6.45, 7) is 5.90. The van der Waals surface area contributed by atoms with E-state index in [1.165, 1.54) is 18.4 Å². The van der Waals surface area contributed by atoms with Gasteiger partial charge in [-0.05, 0) is 49.9 Å². The minimum absolute atomic E-state index is 0. The third-order valence-electron chi connectivity index (χ3n) is 4.05. The number of benzene rings is 2. The smallest absolute Gasteiger partial charge is 0.180 e. The Morgan fingerprint density at radius 1 is 1.08 bits per heavy atom. The molecule has 0 heterocycles. The molecule has 2 aromatic carbocycles. The zero-order chi connectivity index (χ0) is 16.9. The summed E-state index contributed by atoms with van der Waals surface area (Å²) in [6.07, 6.45) is 2.54. The highest BCUT2D eigenvalue weighted by Crippen LogP contribution is 2.37. The molecule has 1 aliphatic rings. The van der Waals surface area contributed by atoms with Crippen LogP contribution in [0.2, 0.25) is 5.02 Å². The minimum Gasteiger partial charge on any atom is -0.490 e. The van der Waals surface area contributed by atoms with E-state index in [9.17, 15) is 0 Å². The monoisotopic (exact) mass is 381 g/mol. The van der Waals surface area contributed by atoms with Crippen molar-refractivity contribution in [2.45, 2.75) is 45.9 Å². The van der Waals surface area contributed by atoms with E-state index in [-0.39, 0.29) is 12.4 Å². The number of ether oxygens (including phenoxy) is 2. The van der Waals surface area contributed by atoms with Crippen LogP contribution in [0.4, 0.5) is 0 Å². The predicted octanol–water partition coefficient (Wildman–Crippen LogP) is 5.30. The molecule has 5 heteroatoms. The molecule has 0 radical (unpaired) electrons. The summed E-state index contributed by atoms with van der Waals surface area (Å²) in [6, 6.07) is 12.9. The number of nitrogens with one attached hydrogen (secondary N) is 1. The Morgan fingerprint density at radius 2 is 1.80 bits per heavy atom. The molecule has 0 amide bonds. The molecule has 0 bridgehead atoms. The summed E-state index contributed by atoms with van der Waals surface area (Å²) in [7, 11) is 0. The Kier molecular flexibility index (Phi) is 7.42. The van der Waals surface area contributed by atoms with Crippen LogP contribution in [0.15, 0.2) is 36.4 Å². The Balaban J connectivity index is 0.00000225. The second-order valence-corrected chi connectivity index (χ2v) is 6.67. The number of aryl methyl sites for hydroxylation is 1. The molecule has 0 spiro atoms. The highest BCUT2D eigenvalue weighted by Gasteiger charge is 2.20. The van der Waals surface area contributed by atoms with Crippen LogP contribution in [-0.4, -0.2) is 12.6 Å². The molecule has 25 heavy (non-hydrogen) atoms. The van der Waals surface area contributed by atoms with E-state index in [0.717, 1.165) is 17.7 Å². The lowest BCUT2D eigenvalue weighted by atomic mass is 10.1. The topological polar surface area (TPSA) is 30.5 Å². The van der Waals surface area contributed by atoms with Gasteiger partial charge in [0.25, 0.3) is 0 Å². The van der Waals surface area contributed by atoms with Crippen molar-refractivity contribution in [2.75, 3.05) is 6.61 Å². The van der Waals surface area contributed by atoms with E-state index >= 15 is 0 Å². The van der Waals surface area contributed by atoms with Gasteiger partial charge in [-0.3, -0.25) is 0 Å². The molecular formula is C20H25Cl2NO2. The number of rotatable bonds is 8. The van der Waals surface area contributed by atoms with E-state index in [1.807, 2.05) is 19.1 Å². The third-order valence-corrected chi connectivity index (χ3v) is 4.33. The predicted molar refractivity (Wildman–Crippen MR) is 105 cm³/mol. The summed E-state index contributed by atoms with van der Waals surface area (Å²) in [5.41, 5.74) is 3.47. The van der Waals surface area contributed by atoms with Crippen molar-refractivity contribution < 1.29 is 9.47 Å². The molecule has 0 aromatic heterocycles. The first kappa shape index (κ1) is 19.9. The lowest BCUT2D eigenvalue weighted by Crippen LogP contribution is -2.15. The molecule has 3 nitrogen and oxygen atoms in total. The van der Waals surface area contributed by atoms with Gasteiger partial charge in [-0.15, -0.1) is 12.4 Å². The highest BCUT2D eigenvalue weighted by molar-refractivity contribution is 6.32. The van der Waals surface area contributed by atoms with Crippen LogP contribution in [-0.2, 0) is 13.2 Å². The fraction of sp³-hybridized carbons (Fsp3) is 0.400. The third kappa shape index (κ3) is 5.81. The van der Waals surface area contributed by atoms with Crippen molar-refractivity contribution in [1.82, 2.24) is 5.32 Å². The Morgan fingerprint density at radius 3 is 2.44 bits per heavy atom. The van der Waals surface area contributed by atoms with E-state index in [1.54, 1.807) is 0 Å². The zero-order valence-corrected chi connectivity index (χ0v) is 16.3. The first-order valence-electron chi connectivity index (χ1n) is 8.52. The van der Waals surface area contributed by atoms with Gasteiger partial charge in [0.2, 0.25) is 0 Å². The van der Waals surface area contributed by atoms with Crippen LogP contribution in [0, 0.1) is 6.92 Å².